The van der Waals surface area contributed by atoms with Crippen LogP contribution in [0.4, 0.5) is 5.00 Å². The van der Waals surface area contributed by atoms with Gasteiger partial charge in [0.2, 0.25) is 5.91 Å². The lowest BCUT2D eigenvalue weighted by atomic mass is 10.1. The van der Waals surface area contributed by atoms with Gasteiger partial charge in [-0.25, -0.2) is 4.79 Å². The molecule has 208 valence electrons. The summed E-state index contributed by atoms with van der Waals surface area (Å²) in [6, 6.07) is 5.39. The highest BCUT2D eigenvalue weighted by atomic mass is 32.2. The van der Waals surface area contributed by atoms with Crippen LogP contribution in [0.15, 0.2) is 23.2 Å². The molecular formula is C26H29N3O7S3. The number of carbonyl (C=O) groups excluding carboxylic acids is 4. The SMILES string of the molecule is CCOC(=O)Cn1c(=NC(=O)CSCC(=O)Nc2sc3c(c2C(=O)OCC)CCC3)sc2cc(OC)ccc21. The molecule has 2 amide bonds. The molecule has 2 aromatic heterocycles. The number of hydrogen-bond acceptors (Lipinski definition) is 10. The minimum Gasteiger partial charge on any atom is -0.497 e. The van der Waals surface area contributed by atoms with E-state index in [-0.39, 0.29) is 37.2 Å². The minimum atomic E-state index is -0.439. The van der Waals surface area contributed by atoms with Crippen LogP contribution >= 0.6 is 34.4 Å². The lowest BCUT2D eigenvalue weighted by Gasteiger charge is -2.07. The summed E-state index contributed by atoms with van der Waals surface area (Å²) in [4.78, 5) is 55.7. The highest BCUT2D eigenvalue weighted by Gasteiger charge is 2.28. The van der Waals surface area contributed by atoms with E-state index in [0.29, 0.717) is 21.1 Å². The Balaban J connectivity index is 1.43. The molecule has 0 spiro atoms. The maximum absolute atomic E-state index is 12.7. The molecule has 0 aliphatic heterocycles. The van der Waals surface area contributed by atoms with Crippen molar-refractivity contribution in [1.29, 1.82) is 0 Å². The van der Waals surface area contributed by atoms with Gasteiger partial charge in [-0.3, -0.25) is 14.4 Å². The Kier molecular flexibility index (Phi) is 9.81. The Labute approximate surface area is 237 Å². The lowest BCUT2D eigenvalue weighted by Crippen LogP contribution is -2.23. The van der Waals surface area contributed by atoms with E-state index >= 15 is 0 Å². The van der Waals surface area contributed by atoms with Crippen LogP contribution in [0.25, 0.3) is 10.2 Å². The van der Waals surface area contributed by atoms with E-state index < -0.39 is 17.8 Å². The number of amides is 2. The number of rotatable bonds is 11. The van der Waals surface area contributed by atoms with Gasteiger partial charge in [0.1, 0.15) is 17.3 Å². The molecule has 0 saturated heterocycles. The number of nitrogens with one attached hydrogen (secondary N) is 1. The van der Waals surface area contributed by atoms with Crippen LogP contribution in [0.5, 0.6) is 5.75 Å². The van der Waals surface area contributed by atoms with Gasteiger partial charge in [0, 0.05) is 4.88 Å². The van der Waals surface area contributed by atoms with Gasteiger partial charge in [-0.15, -0.1) is 23.1 Å². The van der Waals surface area contributed by atoms with Gasteiger partial charge in [0.25, 0.3) is 5.91 Å². The van der Waals surface area contributed by atoms with Crippen molar-refractivity contribution in [3.63, 3.8) is 0 Å². The van der Waals surface area contributed by atoms with Crippen LogP contribution in [-0.2, 0) is 43.2 Å². The molecule has 1 aliphatic rings. The second kappa shape index (κ2) is 13.3. The van der Waals surface area contributed by atoms with E-state index in [0.717, 1.165) is 51.7 Å². The Morgan fingerprint density at radius 1 is 1.08 bits per heavy atom. The number of hydrogen-bond donors (Lipinski definition) is 1. The van der Waals surface area contributed by atoms with Crippen LogP contribution in [0.1, 0.15) is 41.1 Å². The first-order valence-electron chi connectivity index (χ1n) is 12.4. The number of carbonyl (C=O) groups is 4. The van der Waals surface area contributed by atoms with Crippen LogP contribution in [0.2, 0.25) is 0 Å². The third-order valence-electron chi connectivity index (χ3n) is 5.82. The number of aromatic nitrogens is 1. The average molecular weight is 592 g/mol. The zero-order chi connectivity index (χ0) is 27.9. The van der Waals surface area contributed by atoms with E-state index in [4.69, 9.17) is 14.2 Å². The summed E-state index contributed by atoms with van der Waals surface area (Å²) in [7, 11) is 1.56. The van der Waals surface area contributed by atoms with Crippen LogP contribution in [0, 0.1) is 0 Å². The van der Waals surface area contributed by atoms with Crippen molar-refractivity contribution in [3.05, 3.63) is 39.0 Å². The van der Waals surface area contributed by atoms with Crippen molar-refractivity contribution < 1.29 is 33.4 Å². The molecule has 0 fully saturated rings. The molecule has 3 aromatic rings. The first kappa shape index (κ1) is 28.8. The lowest BCUT2D eigenvalue weighted by molar-refractivity contribution is -0.143. The largest absolute Gasteiger partial charge is 0.497 e. The number of benzene rings is 1. The van der Waals surface area contributed by atoms with Gasteiger partial charge in [-0.1, -0.05) is 11.3 Å². The molecule has 1 aromatic carbocycles. The maximum atomic E-state index is 12.7. The predicted molar refractivity (Wildman–Crippen MR) is 152 cm³/mol. The molecular weight excluding hydrogens is 563 g/mol. The number of methoxy groups -OCH3 is 1. The smallest absolute Gasteiger partial charge is 0.341 e. The normalized spacial score (nSPS) is 12.8. The van der Waals surface area contributed by atoms with Crippen molar-refractivity contribution in [2.24, 2.45) is 4.99 Å². The number of esters is 2. The van der Waals surface area contributed by atoms with Gasteiger partial charge < -0.3 is 24.1 Å². The molecule has 13 heteroatoms. The van der Waals surface area contributed by atoms with E-state index in [1.165, 1.54) is 22.7 Å². The molecule has 10 nitrogen and oxygen atoms in total. The second-order valence-electron chi connectivity index (χ2n) is 8.44. The number of thiophene rings is 1. The molecule has 1 aliphatic carbocycles. The minimum absolute atomic E-state index is 0.0124. The monoisotopic (exact) mass is 591 g/mol. The fourth-order valence-corrected chi connectivity index (χ4v) is 7.17. The Bertz CT molecular complexity index is 1470. The first-order valence-corrected chi connectivity index (χ1v) is 15.2. The number of nitrogens with zero attached hydrogens (tertiary/aromatic N) is 2. The van der Waals surface area contributed by atoms with E-state index in [1.54, 1.807) is 37.7 Å². The molecule has 39 heavy (non-hydrogen) atoms. The molecule has 1 N–H and O–H groups in total. The summed E-state index contributed by atoms with van der Waals surface area (Å²) in [6.45, 7) is 3.88. The van der Waals surface area contributed by atoms with Gasteiger partial charge in [0.05, 0.1) is 47.6 Å². The van der Waals surface area contributed by atoms with E-state index in [9.17, 15) is 19.2 Å². The highest BCUT2D eigenvalue weighted by molar-refractivity contribution is 8.00. The summed E-state index contributed by atoms with van der Waals surface area (Å²) in [5.74, 6) is -0.987. The predicted octanol–water partition coefficient (Wildman–Crippen LogP) is 3.80. The molecule has 2 heterocycles. The summed E-state index contributed by atoms with van der Waals surface area (Å²) in [5, 5.41) is 3.33. The quantitative estimate of drug-likeness (QED) is 0.334. The van der Waals surface area contributed by atoms with Gasteiger partial charge in [-0.2, -0.15) is 4.99 Å². The van der Waals surface area contributed by atoms with Crippen molar-refractivity contribution in [3.8, 4) is 5.75 Å². The molecule has 0 unspecified atom stereocenters. The fourth-order valence-electron chi connectivity index (χ4n) is 4.20. The average Bonchev–Trinajstić information content (AvgIpc) is 3.57. The highest BCUT2D eigenvalue weighted by Crippen LogP contribution is 2.39. The Morgan fingerprint density at radius 2 is 1.87 bits per heavy atom. The van der Waals surface area contributed by atoms with Crippen molar-refractivity contribution in [2.45, 2.75) is 39.7 Å². The summed E-state index contributed by atoms with van der Waals surface area (Å²) in [6.07, 6.45) is 2.66. The number of anilines is 1. The molecule has 0 atom stereocenters. The van der Waals surface area contributed by atoms with Crippen LogP contribution in [0.3, 0.4) is 0 Å². The van der Waals surface area contributed by atoms with Crippen LogP contribution in [-0.4, -0.2) is 60.1 Å². The second-order valence-corrected chi connectivity index (χ2v) is 11.5. The number of aryl methyl sites for hydroxylation is 1. The van der Waals surface area contributed by atoms with Crippen molar-refractivity contribution in [2.75, 3.05) is 37.1 Å². The standard InChI is InChI=1S/C26H29N3O7S3/c1-4-35-22(32)12-29-17-10-9-15(34-3)11-19(17)39-26(29)28-21(31)14-37-13-20(30)27-24-23(25(33)36-5-2)16-7-6-8-18(16)38-24/h9-11H,4-8,12-14H2,1-3H3,(H,27,30). The number of fused-ring (bicyclic) bond motifs is 2. The third-order valence-corrected chi connectivity index (χ3v) is 8.98. The maximum Gasteiger partial charge on any atom is 0.341 e. The molecule has 4 rings (SSSR count). The summed E-state index contributed by atoms with van der Waals surface area (Å²) < 4.78 is 18.0. The summed E-state index contributed by atoms with van der Waals surface area (Å²) >= 11 is 3.79. The molecule has 0 saturated carbocycles. The number of thioether (sulfide) groups is 1. The zero-order valence-corrected chi connectivity index (χ0v) is 24.3. The number of thiazole rings is 1. The van der Waals surface area contributed by atoms with Crippen molar-refractivity contribution >= 4 is 73.4 Å². The fraction of sp³-hybridized carbons (Fsp3) is 0.423. The molecule has 0 bridgehead atoms. The van der Waals surface area contributed by atoms with Gasteiger partial charge in [0.15, 0.2) is 4.80 Å². The van der Waals surface area contributed by atoms with E-state index in [2.05, 4.69) is 10.3 Å². The van der Waals surface area contributed by atoms with Gasteiger partial charge in [-0.05, 0) is 56.9 Å². The summed E-state index contributed by atoms with van der Waals surface area (Å²) in [5.41, 5.74) is 2.14. The molecule has 0 radical (unpaired) electrons. The van der Waals surface area contributed by atoms with Crippen LogP contribution < -0.4 is 14.9 Å². The van der Waals surface area contributed by atoms with E-state index in [1.807, 2.05) is 6.07 Å². The number of ether oxygens (including phenoxy) is 3. The van der Waals surface area contributed by atoms with Gasteiger partial charge >= 0.3 is 11.9 Å². The Hall–Kier alpha value is -3.16. The van der Waals surface area contributed by atoms with Crippen molar-refractivity contribution in [1.82, 2.24) is 4.57 Å². The third kappa shape index (κ3) is 6.89. The topological polar surface area (TPSA) is 125 Å². The first-order chi connectivity index (χ1) is 18.8. The Morgan fingerprint density at radius 3 is 2.62 bits per heavy atom. The zero-order valence-electron chi connectivity index (χ0n) is 21.9.